The molecule has 0 saturated carbocycles. The van der Waals surface area contributed by atoms with Crippen LogP contribution in [0.1, 0.15) is 76.6 Å². The fourth-order valence-corrected chi connectivity index (χ4v) is 3.67. The first-order chi connectivity index (χ1) is 9.02. The monoisotopic (exact) mass is 273 g/mol. The molecule has 0 radical (unpaired) electrons. The Bertz CT molecular complexity index is 503. The van der Waals surface area contributed by atoms with E-state index in [2.05, 4.69) is 72.5 Å². The van der Waals surface area contributed by atoms with E-state index in [0.29, 0.717) is 5.92 Å². The SMILES string of the molecule is CC(C)c1cc(C(C)(C)C)cc2c1C(C)(C)CN(C)C2. The molecule has 0 unspecified atom stereocenters. The Morgan fingerprint density at radius 2 is 1.75 bits per heavy atom. The molecule has 0 N–H and O–H groups in total. The molecule has 0 aliphatic carbocycles. The molecular weight excluding hydrogens is 242 g/mol. The first-order valence-electron chi connectivity index (χ1n) is 7.88. The van der Waals surface area contributed by atoms with Crippen LogP contribution in [0.5, 0.6) is 0 Å². The molecule has 1 nitrogen and oxygen atoms in total. The van der Waals surface area contributed by atoms with Crippen molar-refractivity contribution >= 4 is 0 Å². The zero-order valence-corrected chi connectivity index (χ0v) is 14.6. The first kappa shape index (κ1) is 15.6. The third kappa shape index (κ3) is 2.79. The Balaban J connectivity index is 2.70. The molecule has 2 rings (SSSR count). The molecule has 0 aromatic heterocycles. The van der Waals surface area contributed by atoms with Crippen molar-refractivity contribution in [3.63, 3.8) is 0 Å². The van der Waals surface area contributed by atoms with Gasteiger partial charge in [-0.05, 0) is 40.6 Å². The summed E-state index contributed by atoms with van der Waals surface area (Å²) in [6, 6.07) is 4.93. The summed E-state index contributed by atoms with van der Waals surface area (Å²) in [5.41, 5.74) is 6.66. The average Bonchev–Trinajstić information content (AvgIpc) is 2.24. The summed E-state index contributed by atoms with van der Waals surface area (Å²) in [5.74, 6) is 0.591. The van der Waals surface area contributed by atoms with Crippen molar-refractivity contribution in [1.82, 2.24) is 4.90 Å². The molecule has 1 aromatic rings. The van der Waals surface area contributed by atoms with Gasteiger partial charge in [0.25, 0.3) is 0 Å². The van der Waals surface area contributed by atoms with Crippen LogP contribution in [-0.4, -0.2) is 18.5 Å². The zero-order chi connectivity index (χ0) is 15.3. The lowest BCUT2D eigenvalue weighted by molar-refractivity contribution is 0.234. The maximum absolute atomic E-state index is 2.47. The van der Waals surface area contributed by atoms with Gasteiger partial charge in [-0.2, -0.15) is 0 Å². The van der Waals surface area contributed by atoms with Gasteiger partial charge >= 0.3 is 0 Å². The Labute approximate surface area is 125 Å². The van der Waals surface area contributed by atoms with Gasteiger partial charge in [-0.3, -0.25) is 0 Å². The highest BCUT2D eigenvalue weighted by atomic mass is 15.1. The Hall–Kier alpha value is -0.820. The van der Waals surface area contributed by atoms with Gasteiger partial charge in [-0.15, -0.1) is 0 Å². The third-order valence-corrected chi connectivity index (χ3v) is 4.52. The molecular formula is C19H31N. The van der Waals surface area contributed by atoms with E-state index in [4.69, 9.17) is 0 Å². The Morgan fingerprint density at radius 1 is 1.15 bits per heavy atom. The average molecular weight is 273 g/mol. The van der Waals surface area contributed by atoms with E-state index >= 15 is 0 Å². The second-order valence-electron chi connectivity index (χ2n) is 8.56. The summed E-state index contributed by atoms with van der Waals surface area (Å²) in [6.07, 6.45) is 0. The molecule has 0 bridgehead atoms. The molecule has 0 fully saturated rings. The number of rotatable bonds is 1. The van der Waals surface area contributed by atoms with E-state index in [0.717, 1.165) is 13.1 Å². The van der Waals surface area contributed by atoms with E-state index in [1.807, 2.05) is 0 Å². The second kappa shape index (κ2) is 4.87. The molecule has 0 amide bonds. The largest absolute Gasteiger partial charge is 0.301 e. The molecule has 1 aliphatic heterocycles. The van der Waals surface area contributed by atoms with Crippen LogP contribution < -0.4 is 0 Å². The van der Waals surface area contributed by atoms with Crippen LogP contribution in [-0.2, 0) is 17.4 Å². The van der Waals surface area contributed by atoms with E-state index < -0.39 is 0 Å². The summed E-state index contributed by atoms with van der Waals surface area (Å²) in [7, 11) is 2.24. The summed E-state index contributed by atoms with van der Waals surface area (Å²) >= 11 is 0. The maximum atomic E-state index is 2.47. The highest BCUT2D eigenvalue weighted by Crippen LogP contribution is 2.40. The number of likely N-dealkylation sites (N-methyl/N-ethyl adjacent to an activating group) is 1. The van der Waals surface area contributed by atoms with Crippen molar-refractivity contribution in [3.05, 3.63) is 34.4 Å². The molecule has 1 aliphatic rings. The molecule has 112 valence electrons. The van der Waals surface area contributed by atoms with Gasteiger partial charge < -0.3 is 4.90 Å². The van der Waals surface area contributed by atoms with Crippen molar-refractivity contribution in [1.29, 1.82) is 0 Å². The highest BCUT2D eigenvalue weighted by Gasteiger charge is 2.34. The number of hydrogen-bond acceptors (Lipinski definition) is 1. The van der Waals surface area contributed by atoms with Gasteiger partial charge in [0.15, 0.2) is 0 Å². The minimum absolute atomic E-state index is 0.221. The molecule has 1 aromatic carbocycles. The van der Waals surface area contributed by atoms with Gasteiger partial charge in [0, 0.05) is 18.5 Å². The minimum Gasteiger partial charge on any atom is -0.301 e. The smallest absolute Gasteiger partial charge is 0.0234 e. The fourth-order valence-electron chi connectivity index (χ4n) is 3.67. The number of benzene rings is 1. The van der Waals surface area contributed by atoms with Gasteiger partial charge in [0.2, 0.25) is 0 Å². The third-order valence-electron chi connectivity index (χ3n) is 4.52. The number of hydrogen-bond donors (Lipinski definition) is 0. The van der Waals surface area contributed by atoms with E-state index in [1.165, 1.54) is 5.56 Å². The van der Waals surface area contributed by atoms with Gasteiger partial charge in [-0.1, -0.05) is 60.6 Å². The highest BCUT2D eigenvalue weighted by molar-refractivity contribution is 5.48. The molecule has 0 atom stereocenters. The van der Waals surface area contributed by atoms with Gasteiger partial charge in [0.05, 0.1) is 0 Å². The van der Waals surface area contributed by atoms with Crippen LogP contribution in [0.3, 0.4) is 0 Å². The van der Waals surface area contributed by atoms with E-state index in [-0.39, 0.29) is 10.8 Å². The molecule has 0 saturated heterocycles. The normalized spacial score (nSPS) is 19.2. The molecule has 1 heteroatoms. The van der Waals surface area contributed by atoms with Crippen LogP contribution in [0, 0.1) is 0 Å². The van der Waals surface area contributed by atoms with Gasteiger partial charge in [0.1, 0.15) is 0 Å². The van der Waals surface area contributed by atoms with Crippen molar-refractivity contribution in [2.45, 2.75) is 71.8 Å². The predicted molar refractivity (Wildman–Crippen MR) is 88.6 cm³/mol. The lowest BCUT2D eigenvalue weighted by Crippen LogP contribution is -2.41. The molecule has 0 spiro atoms. The Morgan fingerprint density at radius 3 is 2.25 bits per heavy atom. The Kier molecular flexibility index (Phi) is 3.79. The number of fused-ring (bicyclic) bond motifs is 1. The fraction of sp³-hybridized carbons (Fsp3) is 0.684. The van der Waals surface area contributed by atoms with Crippen molar-refractivity contribution in [2.24, 2.45) is 0 Å². The predicted octanol–water partition coefficient (Wildman–Crippen LogP) is 4.83. The second-order valence-corrected chi connectivity index (χ2v) is 8.56. The van der Waals surface area contributed by atoms with E-state index in [1.54, 1.807) is 16.7 Å². The van der Waals surface area contributed by atoms with Crippen LogP contribution in [0.15, 0.2) is 12.1 Å². The van der Waals surface area contributed by atoms with Crippen molar-refractivity contribution < 1.29 is 0 Å². The first-order valence-corrected chi connectivity index (χ1v) is 7.88. The van der Waals surface area contributed by atoms with Crippen molar-refractivity contribution in [3.8, 4) is 0 Å². The van der Waals surface area contributed by atoms with Crippen LogP contribution >= 0.6 is 0 Å². The zero-order valence-electron chi connectivity index (χ0n) is 14.6. The van der Waals surface area contributed by atoms with Crippen molar-refractivity contribution in [2.75, 3.05) is 13.6 Å². The summed E-state index contributed by atoms with van der Waals surface area (Å²) in [4.78, 5) is 2.46. The van der Waals surface area contributed by atoms with Crippen LogP contribution in [0.25, 0.3) is 0 Å². The lowest BCUT2D eigenvalue weighted by atomic mass is 9.71. The summed E-state index contributed by atoms with van der Waals surface area (Å²) < 4.78 is 0. The van der Waals surface area contributed by atoms with Crippen LogP contribution in [0.4, 0.5) is 0 Å². The standard InChI is InChI=1S/C19H31N/c1-13(2)16-10-15(18(3,4)5)9-14-11-20(8)12-19(6,7)17(14)16/h9-10,13H,11-12H2,1-8H3. The van der Waals surface area contributed by atoms with E-state index in [9.17, 15) is 0 Å². The summed E-state index contributed by atoms with van der Waals surface area (Å²) in [5, 5.41) is 0. The summed E-state index contributed by atoms with van der Waals surface area (Å²) in [6.45, 7) is 18.6. The molecule has 20 heavy (non-hydrogen) atoms. The molecule has 1 heterocycles. The van der Waals surface area contributed by atoms with Crippen LogP contribution in [0.2, 0.25) is 0 Å². The number of nitrogens with zero attached hydrogens (tertiary/aromatic N) is 1. The van der Waals surface area contributed by atoms with Gasteiger partial charge in [-0.25, -0.2) is 0 Å². The topological polar surface area (TPSA) is 3.24 Å². The quantitative estimate of drug-likeness (QED) is 0.708. The lowest BCUT2D eigenvalue weighted by Gasteiger charge is -2.41. The maximum Gasteiger partial charge on any atom is 0.0234 e. The minimum atomic E-state index is 0.221.